The van der Waals surface area contributed by atoms with Crippen LogP contribution in [-0.4, -0.2) is 22.6 Å². The standard InChI is InChI=1S/C14H14N2O3S/c1-2-10-8-15-13(19-10)9-16-14(18)12-6-5-11(20-12)4-3-7-17/h5-6,8,17H,2,7,9H2,1H3,(H,16,18). The molecule has 20 heavy (non-hydrogen) atoms. The number of oxazole rings is 1. The Balaban J connectivity index is 1.92. The van der Waals surface area contributed by atoms with Crippen molar-refractivity contribution in [2.45, 2.75) is 19.9 Å². The number of hydrogen-bond donors (Lipinski definition) is 2. The van der Waals surface area contributed by atoms with E-state index in [2.05, 4.69) is 22.1 Å². The van der Waals surface area contributed by atoms with Crippen LogP contribution in [0.2, 0.25) is 0 Å². The van der Waals surface area contributed by atoms with Crippen LogP contribution in [0.1, 0.15) is 33.1 Å². The molecule has 0 bridgehead atoms. The summed E-state index contributed by atoms with van der Waals surface area (Å²) in [7, 11) is 0. The Hall–Kier alpha value is -2.10. The number of amides is 1. The molecule has 2 N–H and O–H groups in total. The third-order valence-corrected chi connectivity index (χ3v) is 3.47. The fraction of sp³-hybridized carbons (Fsp3) is 0.286. The van der Waals surface area contributed by atoms with Crippen molar-refractivity contribution in [3.8, 4) is 11.8 Å². The summed E-state index contributed by atoms with van der Waals surface area (Å²) in [5.41, 5.74) is 0. The van der Waals surface area contributed by atoms with Crippen molar-refractivity contribution < 1.29 is 14.3 Å². The molecule has 0 saturated heterocycles. The van der Waals surface area contributed by atoms with E-state index in [0.717, 1.165) is 17.1 Å². The quantitative estimate of drug-likeness (QED) is 0.838. The van der Waals surface area contributed by atoms with Gasteiger partial charge in [0.1, 0.15) is 12.4 Å². The van der Waals surface area contributed by atoms with Crippen molar-refractivity contribution in [2.24, 2.45) is 0 Å². The van der Waals surface area contributed by atoms with Gasteiger partial charge in [0, 0.05) is 6.42 Å². The Bertz CT molecular complexity index is 649. The topological polar surface area (TPSA) is 75.4 Å². The Labute approximate surface area is 120 Å². The first-order valence-electron chi connectivity index (χ1n) is 6.14. The third kappa shape index (κ3) is 3.70. The lowest BCUT2D eigenvalue weighted by molar-refractivity contribution is 0.0951. The molecule has 0 aliphatic heterocycles. The molecule has 2 aromatic rings. The first-order valence-corrected chi connectivity index (χ1v) is 6.96. The van der Waals surface area contributed by atoms with E-state index in [-0.39, 0.29) is 19.1 Å². The van der Waals surface area contributed by atoms with Gasteiger partial charge in [0.25, 0.3) is 5.91 Å². The summed E-state index contributed by atoms with van der Waals surface area (Å²) in [6, 6.07) is 3.46. The molecule has 2 heterocycles. The normalized spacial score (nSPS) is 9.90. The maximum absolute atomic E-state index is 11.9. The van der Waals surface area contributed by atoms with Crippen LogP contribution < -0.4 is 5.32 Å². The monoisotopic (exact) mass is 290 g/mol. The number of carbonyl (C=O) groups excluding carboxylic acids is 1. The van der Waals surface area contributed by atoms with Gasteiger partial charge in [-0.25, -0.2) is 4.98 Å². The van der Waals surface area contributed by atoms with Crippen LogP contribution in [0.5, 0.6) is 0 Å². The highest BCUT2D eigenvalue weighted by Gasteiger charge is 2.10. The molecular weight excluding hydrogens is 276 g/mol. The van der Waals surface area contributed by atoms with Crippen LogP contribution >= 0.6 is 11.3 Å². The highest BCUT2D eigenvalue weighted by Crippen LogP contribution is 2.15. The van der Waals surface area contributed by atoms with Crippen LogP contribution in [0.25, 0.3) is 0 Å². The summed E-state index contributed by atoms with van der Waals surface area (Å²) >= 11 is 1.28. The molecule has 5 nitrogen and oxygen atoms in total. The van der Waals surface area contributed by atoms with Gasteiger partial charge in [-0.1, -0.05) is 18.8 Å². The third-order valence-electron chi connectivity index (χ3n) is 2.47. The zero-order valence-corrected chi connectivity index (χ0v) is 11.8. The first-order chi connectivity index (χ1) is 9.72. The van der Waals surface area contributed by atoms with Crippen molar-refractivity contribution in [1.29, 1.82) is 0 Å². The maximum atomic E-state index is 11.9. The number of carbonyl (C=O) groups is 1. The minimum atomic E-state index is -0.191. The zero-order chi connectivity index (χ0) is 14.4. The number of nitrogens with one attached hydrogen (secondary N) is 1. The number of aliphatic hydroxyl groups excluding tert-OH is 1. The molecule has 0 radical (unpaired) electrons. The summed E-state index contributed by atoms with van der Waals surface area (Å²) in [6.45, 7) is 2.04. The van der Waals surface area contributed by atoms with Crippen molar-refractivity contribution in [2.75, 3.05) is 6.61 Å². The molecule has 0 fully saturated rings. The molecule has 0 spiro atoms. The summed E-state index contributed by atoms with van der Waals surface area (Å²) in [5, 5.41) is 11.4. The molecule has 0 aliphatic carbocycles. The molecule has 2 rings (SSSR count). The Morgan fingerprint density at radius 1 is 1.55 bits per heavy atom. The van der Waals surface area contributed by atoms with Gasteiger partial charge in [0.2, 0.25) is 5.89 Å². The molecular formula is C14H14N2O3S. The highest BCUT2D eigenvalue weighted by atomic mass is 32.1. The van der Waals surface area contributed by atoms with Crippen molar-refractivity contribution in [3.63, 3.8) is 0 Å². The van der Waals surface area contributed by atoms with Crippen LogP contribution in [0.3, 0.4) is 0 Å². The number of aliphatic hydroxyl groups is 1. The number of hydrogen-bond acceptors (Lipinski definition) is 5. The second-order valence-corrected chi connectivity index (χ2v) is 4.96. The minimum absolute atomic E-state index is 0.191. The first kappa shape index (κ1) is 14.3. The fourth-order valence-electron chi connectivity index (χ4n) is 1.49. The highest BCUT2D eigenvalue weighted by molar-refractivity contribution is 7.14. The molecule has 0 aliphatic rings. The van der Waals surface area contributed by atoms with E-state index in [4.69, 9.17) is 9.52 Å². The van der Waals surface area contributed by atoms with Gasteiger partial charge in [-0.3, -0.25) is 4.79 Å². The van der Waals surface area contributed by atoms with E-state index in [1.807, 2.05) is 6.92 Å². The van der Waals surface area contributed by atoms with Gasteiger partial charge >= 0.3 is 0 Å². The van der Waals surface area contributed by atoms with E-state index in [9.17, 15) is 4.79 Å². The minimum Gasteiger partial charge on any atom is -0.444 e. The molecule has 0 atom stereocenters. The summed E-state index contributed by atoms with van der Waals surface area (Å²) in [6.07, 6.45) is 2.44. The summed E-state index contributed by atoms with van der Waals surface area (Å²) in [5.74, 6) is 6.40. The molecule has 0 aromatic carbocycles. The van der Waals surface area contributed by atoms with Gasteiger partial charge in [-0.2, -0.15) is 0 Å². The number of nitrogens with zero attached hydrogens (tertiary/aromatic N) is 1. The number of aryl methyl sites for hydroxylation is 1. The van der Waals surface area contributed by atoms with Crippen molar-refractivity contribution in [3.05, 3.63) is 39.7 Å². The lowest BCUT2D eigenvalue weighted by Crippen LogP contribution is -2.21. The van der Waals surface area contributed by atoms with E-state index >= 15 is 0 Å². The summed E-state index contributed by atoms with van der Waals surface area (Å²) in [4.78, 5) is 17.3. The fourth-order valence-corrected chi connectivity index (χ4v) is 2.29. The lowest BCUT2D eigenvalue weighted by atomic mass is 10.4. The van der Waals surface area contributed by atoms with E-state index in [0.29, 0.717) is 10.8 Å². The Morgan fingerprint density at radius 3 is 3.10 bits per heavy atom. The Kier molecular flexibility index (Phi) is 4.93. The molecule has 0 saturated carbocycles. The number of thiophene rings is 1. The van der Waals surface area contributed by atoms with Gasteiger partial charge in [-0.15, -0.1) is 11.3 Å². The largest absolute Gasteiger partial charge is 0.444 e. The van der Waals surface area contributed by atoms with Gasteiger partial charge in [-0.05, 0) is 12.1 Å². The number of aromatic nitrogens is 1. The van der Waals surface area contributed by atoms with Crippen molar-refractivity contribution in [1.82, 2.24) is 10.3 Å². The molecule has 2 aromatic heterocycles. The summed E-state index contributed by atoms with van der Waals surface area (Å²) < 4.78 is 5.40. The van der Waals surface area contributed by atoms with Gasteiger partial charge < -0.3 is 14.8 Å². The van der Waals surface area contributed by atoms with Gasteiger partial charge in [0.05, 0.1) is 22.5 Å². The molecule has 1 amide bonds. The van der Waals surface area contributed by atoms with Crippen molar-refractivity contribution >= 4 is 17.2 Å². The zero-order valence-electron chi connectivity index (χ0n) is 11.0. The second kappa shape index (κ2) is 6.89. The van der Waals surface area contributed by atoms with E-state index in [1.165, 1.54) is 11.3 Å². The average molecular weight is 290 g/mol. The SMILES string of the molecule is CCc1cnc(CNC(=O)c2ccc(C#CCO)s2)o1. The second-order valence-electron chi connectivity index (χ2n) is 3.88. The smallest absolute Gasteiger partial charge is 0.261 e. The number of rotatable bonds is 4. The van der Waals surface area contributed by atoms with Crippen LogP contribution in [0.15, 0.2) is 22.7 Å². The molecule has 0 unspecified atom stereocenters. The van der Waals surface area contributed by atoms with E-state index in [1.54, 1.807) is 18.3 Å². The van der Waals surface area contributed by atoms with Crippen LogP contribution in [0, 0.1) is 11.8 Å². The molecule has 6 heteroatoms. The Morgan fingerprint density at radius 2 is 2.40 bits per heavy atom. The van der Waals surface area contributed by atoms with Crippen LogP contribution in [-0.2, 0) is 13.0 Å². The predicted octanol–water partition coefficient (Wildman–Crippen LogP) is 1.57. The average Bonchev–Trinajstić information content (AvgIpc) is 3.11. The lowest BCUT2D eigenvalue weighted by Gasteiger charge is -1.99. The maximum Gasteiger partial charge on any atom is 0.261 e. The van der Waals surface area contributed by atoms with Gasteiger partial charge in [0.15, 0.2) is 0 Å². The predicted molar refractivity (Wildman–Crippen MR) is 75.3 cm³/mol. The van der Waals surface area contributed by atoms with Crippen LogP contribution in [0.4, 0.5) is 0 Å². The van der Waals surface area contributed by atoms with E-state index < -0.39 is 0 Å². The molecule has 104 valence electrons.